The second-order valence-electron chi connectivity index (χ2n) is 5.07. The van der Waals surface area contributed by atoms with E-state index in [9.17, 15) is 0 Å². The van der Waals surface area contributed by atoms with E-state index in [-0.39, 0.29) is 12.2 Å². The van der Waals surface area contributed by atoms with Crippen molar-refractivity contribution in [3.05, 3.63) is 66.0 Å². The predicted octanol–water partition coefficient (Wildman–Crippen LogP) is 3.39. The molecule has 0 radical (unpaired) electrons. The van der Waals surface area contributed by atoms with E-state index in [1.165, 1.54) is 0 Å². The van der Waals surface area contributed by atoms with Crippen molar-refractivity contribution in [1.82, 2.24) is 4.98 Å². The van der Waals surface area contributed by atoms with Gasteiger partial charge in [0.25, 0.3) is 0 Å². The number of methoxy groups -OCH3 is 2. The van der Waals surface area contributed by atoms with Crippen LogP contribution in [-0.2, 0) is 20.8 Å². The van der Waals surface area contributed by atoms with Gasteiger partial charge in [-0.2, -0.15) is 0 Å². The number of benzene rings is 1. The highest BCUT2D eigenvalue weighted by Crippen LogP contribution is 2.21. The van der Waals surface area contributed by atoms with Gasteiger partial charge in [-0.1, -0.05) is 36.4 Å². The van der Waals surface area contributed by atoms with E-state index >= 15 is 0 Å². The van der Waals surface area contributed by atoms with Gasteiger partial charge in [-0.25, -0.2) is 0 Å². The van der Waals surface area contributed by atoms with Crippen LogP contribution in [0.5, 0.6) is 0 Å². The van der Waals surface area contributed by atoms with Crippen LogP contribution in [0.15, 0.2) is 54.7 Å². The first-order valence-electron chi connectivity index (χ1n) is 7.41. The third-order valence-electron chi connectivity index (χ3n) is 3.53. The predicted molar refractivity (Wildman–Crippen MR) is 85.5 cm³/mol. The molecule has 4 heteroatoms. The number of pyridine rings is 1. The summed E-state index contributed by atoms with van der Waals surface area (Å²) in [5, 5.41) is 0. The van der Waals surface area contributed by atoms with E-state index in [1.54, 1.807) is 20.4 Å². The Labute approximate surface area is 132 Å². The summed E-state index contributed by atoms with van der Waals surface area (Å²) >= 11 is 0. The van der Waals surface area contributed by atoms with Gasteiger partial charge in [-0.05, 0) is 17.7 Å². The minimum atomic E-state index is -0.0912. The number of hydrogen-bond donors (Lipinski definition) is 0. The first-order chi connectivity index (χ1) is 10.8. The number of nitrogens with zero attached hydrogens (tertiary/aromatic N) is 1. The monoisotopic (exact) mass is 301 g/mol. The van der Waals surface area contributed by atoms with E-state index < -0.39 is 0 Å². The van der Waals surface area contributed by atoms with Gasteiger partial charge in [0.2, 0.25) is 0 Å². The van der Waals surface area contributed by atoms with Gasteiger partial charge in [-0.15, -0.1) is 0 Å². The van der Waals surface area contributed by atoms with Crippen molar-refractivity contribution >= 4 is 0 Å². The van der Waals surface area contributed by atoms with Crippen LogP contribution in [0.2, 0.25) is 0 Å². The first-order valence-corrected chi connectivity index (χ1v) is 7.41. The highest BCUT2D eigenvalue weighted by Gasteiger charge is 2.18. The molecule has 22 heavy (non-hydrogen) atoms. The second kappa shape index (κ2) is 9.30. The number of ether oxygens (including phenoxy) is 3. The molecular weight excluding hydrogens is 278 g/mol. The summed E-state index contributed by atoms with van der Waals surface area (Å²) in [4.78, 5) is 4.34. The normalized spacial score (nSPS) is 13.7. The molecule has 4 nitrogen and oxygen atoms in total. The lowest BCUT2D eigenvalue weighted by molar-refractivity contribution is -0.0325. The SMILES string of the molecule is COC(COCc1ccccc1)CC(OC)c1ccccn1. The van der Waals surface area contributed by atoms with Crippen LogP contribution in [-0.4, -0.2) is 31.9 Å². The van der Waals surface area contributed by atoms with Gasteiger partial charge in [0.15, 0.2) is 0 Å². The number of rotatable bonds is 9. The van der Waals surface area contributed by atoms with Crippen LogP contribution < -0.4 is 0 Å². The minimum absolute atomic E-state index is 0.0318. The summed E-state index contributed by atoms with van der Waals surface area (Å²) in [6, 6.07) is 15.9. The molecule has 0 bridgehead atoms. The van der Waals surface area contributed by atoms with Crippen LogP contribution in [0.3, 0.4) is 0 Å². The summed E-state index contributed by atoms with van der Waals surface area (Å²) in [6.45, 7) is 1.11. The Morgan fingerprint density at radius 3 is 2.36 bits per heavy atom. The molecule has 118 valence electrons. The summed E-state index contributed by atoms with van der Waals surface area (Å²) in [6.07, 6.45) is 2.36. The Hall–Kier alpha value is -1.75. The Kier molecular flexibility index (Phi) is 7.03. The summed E-state index contributed by atoms with van der Waals surface area (Å²) < 4.78 is 16.8. The van der Waals surface area contributed by atoms with E-state index in [2.05, 4.69) is 4.98 Å². The summed E-state index contributed by atoms with van der Waals surface area (Å²) in [5.41, 5.74) is 2.07. The third-order valence-corrected chi connectivity index (χ3v) is 3.53. The van der Waals surface area contributed by atoms with Crippen molar-refractivity contribution in [1.29, 1.82) is 0 Å². The molecule has 0 fully saturated rings. The van der Waals surface area contributed by atoms with Crippen LogP contribution >= 0.6 is 0 Å². The van der Waals surface area contributed by atoms with E-state index in [0.29, 0.717) is 19.6 Å². The minimum Gasteiger partial charge on any atom is -0.379 e. The Balaban J connectivity index is 1.83. The maximum absolute atomic E-state index is 5.75. The van der Waals surface area contributed by atoms with Crippen molar-refractivity contribution < 1.29 is 14.2 Å². The average molecular weight is 301 g/mol. The van der Waals surface area contributed by atoms with Crippen molar-refractivity contribution in [2.75, 3.05) is 20.8 Å². The summed E-state index contributed by atoms with van der Waals surface area (Å²) in [5.74, 6) is 0. The lowest BCUT2D eigenvalue weighted by Crippen LogP contribution is -2.22. The van der Waals surface area contributed by atoms with Gasteiger partial charge in [0.05, 0.1) is 25.0 Å². The molecule has 0 saturated heterocycles. The quantitative estimate of drug-likeness (QED) is 0.712. The second-order valence-corrected chi connectivity index (χ2v) is 5.07. The van der Waals surface area contributed by atoms with Gasteiger partial charge >= 0.3 is 0 Å². The van der Waals surface area contributed by atoms with E-state index in [0.717, 1.165) is 11.3 Å². The molecule has 2 unspecified atom stereocenters. The van der Waals surface area contributed by atoms with Gasteiger partial charge < -0.3 is 14.2 Å². The molecule has 0 saturated carbocycles. The molecule has 0 spiro atoms. The molecule has 0 aliphatic carbocycles. The van der Waals surface area contributed by atoms with Crippen molar-refractivity contribution in [3.63, 3.8) is 0 Å². The molecule has 1 aromatic heterocycles. The topological polar surface area (TPSA) is 40.6 Å². The van der Waals surface area contributed by atoms with E-state index in [4.69, 9.17) is 14.2 Å². The summed E-state index contributed by atoms with van der Waals surface area (Å²) in [7, 11) is 3.39. The first kappa shape index (κ1) is 16.6. The largest absolute Gasteiger partial charge is 0.379 e. The zero-order valence-electron chi connectivity index (χ0n) is 13.1. The lowest BCUT2D eigenvalue weighted by atomic mass is 10.1. The van der Waals surface area contributed by atoms with Gasteiger partial charge in [-0.3, -0.25) is 4.98 Å². The van der Waals surface area contributed by atoms with Crippen molar-refractivity contribution in [2.45, 2.75) is 25.2 Å². The van der Waals surface area contributed by atoms with Crippen LogP contribution in [0, 0.1) is 0 Å². The van der Waals surface area contributed by atoms with Crippen LogP contribution in [0.25, 0.3) is 0 Å². The molecular formula is C18H23NO3. The van der Waals surface area contributed by atoms with Gasteiger partial charge in [0, 0.05) is 26.8 Å². The zero-order valence-corrected chi connectivity index (χ0v) is 13.1. The third kappa shape index (κ3) is 5.22. The number of aromatic nitrogens is 1. The average Bonchev–Trinajstić information content (AvgIpc) is 2.59. The molecule has 1 heterocycles. The Bertz CT molecular complexity index is 518. The smallest absolute Gasteiger partial charge is 0.102 e. The van der Waals surface area contributed by atoms with Gasteiger partial charge in [0.1, 0.15) is 6.10 Å². The molecule has 0 aliphatic heterocycles. The van der Waals surface area contributed by atoms with Crippen LogP contribution in [0.1, 0.15) is 23.8 Å². The van der Waals surface area contributed by atoms with Crippen molar-refractivity contribution in [3.8, 4) is 0 Å². The highest BCUT2D eigenvalue weighted by molar-refractivity contribution is 5.13. The fourth-order valence-corrected chi connectivity index (χ4v) is 2.26. The maximum Gasteiger partial charge on any atom is 0.102 e. The maximum atomic E-state index is 5.75. The number of hydrogen-bond acceptors (Lipinski definition) is 4. The Morgan fingerprint density at radius 2 is 1.73 bits per heavy atom. The molecule has 2 atom stereocenters. The highest BCUT2D eigenvalue weighted by atomic mass is 16.5. The molecule has 2 aromatic rings. The standard InChI is InChI=1S/C18H23NO3/c1-20-16(14-22-13-15-8-4-3-5-9-15)12-18(21-2)17-10-6-7-11-19-17/h3-11,16,18H,12-14H2,1-2H3. The molecule has 1 aromatic carbocycles. The van der Waals surface area contributed by atoms with Crippen molar-refractivity contribution in [2.24, 2.45) is 0 Å². The lowest BCUT2D eigenvalue weighted by Gasteiger charge is -2.21. The molecule has 2 rings (SSSR count). The Morgan fingerprint density at radius 1 is 0.955 bits per heavy atom. The fourth-order valence-electron chi connectivity index (χ4n) is 2.26. The molecule has 0 amide bonds. The molecule has 0 aliphatic rings. The molecule has 0 N–H and O–H groups in total. The van der Waals surface area contributed by atoms with Crippen LogP contribution in [0.4, 0.5) is 0 Å². The fraction of sp³-hybridized carbons (Fsp3) is 0.389. The zero-order chi connectivity index (χ0) is 15.6. The van der Waals surface area contributed by atoms with E-state index in [1.807, 2.05) is 48.5 Å².